The van der Waals surface area contributed by atoms with Gasteiger partial charge >= 0.3 is 0 Å². The Morgan fingerprint density at radius 3 is 1.89 bits per heavy atom. The Labute approximate surface area is 308 Å². The van der Waals surface area contributed by atoms with Gasteiger partial charge in [0.1, 0.15) is 11.2 Å². The third-order valence-corrected chi connectivity index (χ3v) is 10.6. The van der Waals surface area contributed by atoms with Crippen LogP contribution in [-0.4, -0.2) is 5.71 Å². The minimum Gasteiger partial charge on any atom is -0.455 e. The average Bonchev–Trinajstić information content (AvgIpc) is 3.60. The smallest absolute Gasteiger partial charge is 0.143 e. The fraction of sp³-hybridized carbons (Fsp3) is 0.0392. The number of aliphatic imine (C=N–C) groups is 1. The molecule has 0 N–H and O–H groups in total. The number of hydrogen-bond donors (Lipinski definition) is 0. The monoisotopic (exact) mass is 677 g/mol. The van der Waals surface area contributed by atoms with Crippen LogP contribution in [0.4, 0.5) is 0 Å². The third-order valence-electron chi connectivity index (χ3n) is 10.6. The van der Waals surface area contributed by atoms with Crippen molar-refractivity contribution < 1.29 is 4.42 Å². The highest BCUT2D eigenvalue weighted by molar-refractivity contribution is 6.14. The Balaban J connectivity index is 1.10. The van der Waals surface area contributed by atoms with Crippen molar-refractivity contribution in [1.29, 1.82) is 0 Å². The van der Waals surface area contributed by atoms with Gasteiger partial charge in [-0.1, -0.05) is 170 Å². The van der Waals surface area contributed by atoms with Crippen molar-refractivity contribution in [2.24, 2.45) is 4.99 Å². The van der Waals surface area contributed by atoms with E-state index in [4.69, 9.17) is 9.41 Å². The van der Waals surface area contributed by atoms with Crippen LogP contribution in [0.25, 0.3) is 77.0 Å². The number of benzene rings is 8. The summed E-state index contributed by atoms with van der Waals surface area (Å²) in [6.07, 6.45) is 6.29. The Hall–Kier alpha value is -6.77. The van der Waals surface area contributed by atoms with E-state index in [-0.39, 0.29) is 0 Å². The molecular weight excluding hydrogens is 643 g/mol. The van der Waals surface area contributed by atoms with Crippen molar-refractivity contribution in [3.05, 3.63) is 205 Å². The van der Waals surface area contributed by atoms with Crippen molar-refractivity contribution in [3.63, 3.8) is 0 Å². The van der Waals surface area contributed by atoms with Gasteiger partial charge in [0.25, 0.3) is 0 Å². The van der Waals surface area contributed by atoms with E-state index < -0.39 is 0 Å². The molecule has 0 atom stereocenters. The summed E-state index contributed by atoms with van der Waals surface area (Å²) in [6.45, 7) is 0. The molecule has 2 heterocycles. The van der Waals surface area contributed by atoms with Gasteiger partial charge < -0.3 is 4.42 Å². The molecule has 53 heavy (non-hydrogen) atoms. The minimum absolute atomic E-state index is 0.822. The molecule has 0 fully saturated rings. The van der Waals surface area contributed by atoms with Crippen LogP contribution >= 0.6 is 0 Å². The van der Waals surface area contributed by atoms with Gasteiger partial charge in [0.15, 0.2) is 0 Å². The zero-order valence-electron chi connectivity index (χ0n) is 29.2. The lowest BCUT2D eigenvalue weighted by Gasteiger charge is -2.15. The summed E-state index contributed by atoms with van der Waals surface area (Å²) in [5.41, 5.74) is 13.1. The van der Waals surface area contributed by atoms with Gasteiger partial charge in [-0.15, -0.1) is 0 Å². The second-order valence-electron chi connectivity index (χ2n) is 13.8. The number of allylic oxidation sites excluding steroid dienone is 3. The molecular formula is C51H35NO. The van der Waals surface area contributed by atoms with Crippen molar-refractivity contribution in [3.8, 4) is 22.3 Å². The van der Waals surface area contributed by atoms with Gasteiger partial charge in [-0.25, -0.2) is 0 Å². The van der Waals surface area contributed by atoms with Crippen LogP contribution in [0.2, 0.25) is 0 Å². The standard InChI is InChI=1S/C51H35NO/c1-2-12-34(13-3-1)35-24-28-37(29-25-35)48-22-10-15-40(42-20-11-21-46-45-19-8-9-23-50(45)53-51(42)46)33-49(52-48)38-30-26-36(27-31-38)47-32-39-14-4-5-16-41(39)43-17-6-7-18-44(43)47/h1-9,11-21,23-33H,10,22H2. The van der Waals surface area contributed by atoms with E-state index in [1.54, 1.807) is 0 Å². The molecule has 1 aromatic heterocycles. The number of hydrogen-bond acceptors (Lipinski definition) is 2. The normalized spacial score (nSPS) is 13.5. The molecule has 9 aromatic rings. The molecule has 0 unspecified atom stereocenters. The molecule has 0 bridgehead atoms. The van der Waals surface area contributed by atoms with Gasteiger partial charge in [0.05, 0.1) is 5.70 Å². The summed E-state index contributed by atoms with van der Waals surface area (Å²) in [4.78, 5) is 5.48. The van der Waals surface area contributed by atoms with Crippen molar-refractivity contribution in [1.82, 2.24) is 0 Å². The number of para-hydroxylation sites is 2. The molecule has 8 aromatic carbocycles. The average molecular weight is 678 g/mol. The fourth-order valence-electron chi connectivity index (χ4n) is 7.92. The van der Waals surface area contributed by atoms with Gasteiger partial charge in [0.2, 0.25) is 0 Å². The molecule has 250 valence electrons. The highest BCUT2D eigenvalue weighted by Crippen LogP contribution is 2.38. The van der Waals surface area contributed by atoms with E-state index in [9.17, 15) is 0 Å². The predicted octanol–water partition coefficient (Wildman–Crippen LogP) is 13.9. The van der Waals surface area contributed by atoms with Crippen LogP contribution in [0, 0.1) is 0 Å². The second-order valence-corrected chi connectivity index (χ2v) is 13.8. The maximum atomic E-state index is 6.51. The zero-order valence-corrected chi connectivity index (χ0v) is 29.2. The Bertz CT molecular complexity index is 2910. The minimum atomic E-state index is 0.822. The quantitative estimate of drug-likeness (QED) is 0.166. The summed E-state index contributed by atoms with van der Waals surface area (Å²) in [5.74, 6) is 0. The molecule has 0 amide bonds. The van der Waals surface area contributed by atoms with E-state index in [0.717, 1.165) is 68.5 Å². The van der Waals surface area contributed by atoms with Gasteiger partial charge in [0, 0.05) is 27.6 Å². The highest BCUT2D eigenvalue weighted by atomic mass is 16.3. The Kier molecular flexibility index (Phi) is 7.66. The first-order valence-corrected chi connectivity index (χ1v) is 18.3. The lowest BCUT2D eigenvalue weighted by molar-refractivity contribution is 0.668. The predicted molar refractivity (Wildman–Crippen MR) is 224 cm³/mol. The summed E-state index contributed by atoms with van der Waals surface area (Å²) >= 11 is 0. The van der Waals surface area contributed by atoms with Gasteiger partial charge in [-0.3, -0.25) is 4.99 Å². The van der Waals surface area contributed by atoms with Crippen molar-refractivity contribution >= 4 is 60.5 Å². The van der Waals surface area contributed by atoms with Crippen LogP contribution in [0.3, 0.4) is 0 Å². The molecule has 0 spiro atoms. The van der Waals surface area contributed by atoms with Crippen LogP contribution in [-0.2, 0) is 0 Å². The lowest BCUT2D eigenvalue weighted by atomic mass is 9.92. The number of rotatable bonds is 5. The summed E-state index contributed by atoms with van der Waals surface area (Å²) in [7, 11) is 0. The molecule has 0 aliphatic carbocycles. The van der Waals surface area contributed by atoms with Crippen molar-refractivity contribution in [2.75, 3.05) is 0 Å². The molecule has 0 radical (unpaired) electrons. The Morgan fingerprint density at radius 2 is 1.06 bits per heavy atom. The van der Waals surface area contributed by atoms with E-state index in [1.807, 2.05) is 12.1 Å². The first kappa shape index (κ1) is 31.0. The van der Waals surface area contributed by atoms with Crippen LogP contribution < -0.4 is 0 Å². The maximum absolute atomic E-state index is 6.51. The summed E-state index contributed by atoms with van der Waals surface area (Å²) in [6, 6.07) is 62.8. The van der Waals surface area contributed by atoms with Crippen LogP contribution in [0.15, 0.2) is 197 Å². The van der Waals surface area contributed by atoms with E-state index in [1.165, 1.54) is 43.8 Å². The molecule has 2 heteroatoms. The van der Waals surface area contributed by atoms with E-state index in [2.05, 4.69) is 176 Å². The van der Waals surface area contributed by atoms with Crippen LogP contribution in [0.5, 0.6) is 0 Å². The molecule has 1 aliphatic heterocycles. The second kappa shape index (κ2) is 13.1. The Morgan fingerprint density at radius 1 is 0.434 bits per heavy atom. The lowest BCUT2D eigenvalue weighted by Crippen LogP contribution is -2.03. The fourth-order valence-corrected chi connectivity index (χ4v) is 7.92. The van der Waals surface area contributed by atoms with E-state index in [0.29, 0.717) is 0 Å². The molecule has 0 saturated carbocycles. The molecule has 2 nitrogen and oxygen atoms in total. The largest absolute Gasteiger partial charge is 0.455 e. The number of fused-ring (bicyclic) bond motifs is 6. The topological polar surface area (TPSA) is 25.5 Å². The first-order valence-electron chi connectivity index (χ1n) is 18.3. The van der Waals surface area contributed by atoms with Gasteiger partial charge in [-0.2, -0.15) is 0 Å². The molecule has 1 aliphatic rings. The maximum Gasteiger partial charge on any atom is 0.143 e. The van der Waals surface area contributed by atoms with E-state index >= 15 is 0 Å². The zero-order chi connectivity index (χ0) is 35.1. The SMILES string of the molecule is C1=C(c2ccc(-c3cc4ccccc4c4ccccc34)cc2)N=C(c2ccc(-c3ccccc3)cc2)CCC=C1c1cccc2c1oc1ccccc12. The number of nitrogens with zero attached hydrogens (tertiary/aromatic N) is 1. The highest BCUT2D eigenvalue weighted by Gasteiger charge is 2.17. The first-order chi connectivity index (χ1) is 26.3. The van der Waals surface area contributed by atoms with Crippen LogP contribution in [0.1, 0.15) is 29.5 Å². The molecule has 0 saturated heterocycles. The third kappa shape index (κ3) is 5.66. The summed E-state index contributed by atoms with van der Waals surface area (Å²) in [5, 5.41) is 7.32. The van der Waals surface area contributed by atoms with Crippen molar-refractivity contribution in [2.45, 2.75) is 12.8 Å². The summed E-state index contributed by atoms with van der Waals surface area (Å²) < 4.78 is 6.51. The number of furan rings is 1. The molecule has 10 rings (SSSR count). The van der Waals surface area contributed by atoms with Gasteiger partial charge in [-0.05, 0) is 86.0 Å².